The zero-order chi connectivity index (χ0) is 15.5. The second kappa shape index (κ2) is 6.01. The van der Waals surface area contributed by atoms with Gasteiger partial charge in [0.1, 0.15) is 5.69 Å². The molecule has 114 valence electrons. The molecule has 1 atom stereocenters. The Morgan fingerprint density at radius 3 is 2.73 bits per heavy atom. The van der Waals surface area contributed by atoms with Gasteiger partial charge in [0.25, 0.3) is 0 Å². The Hall–Kier alpha value is -2.63. The second-order valence-corrected chi connectivity index (χ2v) is 5.49. The van der Waals surface area contributed by atoms with Crippen LogP contribution >= 0.6 is 0 Å². The lowest BCUT2D eigenvalue weighted by Gasteiger charge is -2.34. The van der Waals surface area contributed by atoms with Gasteiger partial charge in [-0.2, -0.15) is 4.98 Å². The number of rotatable bonds is 4. The van der Waals surface area contributed by atoms with Crippen molar-refractivity contribution in [3.8, 4) is 0 Å². The van der Waals surface area contributed by atoms with Gasteiger partial charge in [-0.15, -0.1) is 0 Å². The number of carbonyl (C=O) groups excluding carboxylic acids is 1. The van der Waals surface area contributed by atoms with Crippen molar-refractivity contribution in [2.24, 2.45) is 0 Å². The van der Waals surface area contributed by atoms with Gasteiger partial charge >= 0.3 is 0 Å². The van der Waals surface area contributed by atoms with Crippen molar-refractivity contribution in [1.82, 2.24) is 9.97 Å². The highest BCUT2D eigenvalue weighted by atomic mass is 16.1. The monoisotopic (exact) mass is 297 g/mol. The largest absolute Gasteiger partial charge is 0.382 e. The number of benzene rings is 1. The molecule has 22 heavy (non-hydrogen) atoms. The molecule has 6 nitrogen and oxygen atoms in total. The first-order valence-corrected chi connectivity index (χ1v) is 7.38. The number of anilines is 3. The van der Waals surface area contributed by atoms with E-state index in [0.717, 1.165) is 37.8 Å². The van der Waals surface area contributed by atoms with E-state index >= 15 is 0 Å². The van der Waals surface area contributed by atoms with Crippen molar-refractivity contribution in [2.75, 3.05) is 16.4 Å². The molecule has 1 amide bonds. The number of hydrogen-bond donors (Lipinski definition) is 2. The third-order valence-electron chi connectivity index (χ3n) is 4.09. The molecule has 3 rings (SSSR count). The number of aromatic nitrogens is 2. The minimum atomic E-state index is 0.111. The van der Waals surface area contributed by atoms with Crippen LogP contribution in [0.4, 0.5) is 17.5 Å². The number of nitrogens with zero attached hydrogens (tertiary/aromatic N) is 3. The fourth-order valence-electron chi connectivity index (χ4n) is 3.02. The zero-order valence-corrected chi connectivity index (χ0v) is 12.3. The number of hydrogen-bond acceptors (Lipinski definition) is 5. The number of nitrogens with two attached hydrogens (primary N) is 2. The predicted octanol–water partition coefficient (Wildman–Crippen LogP) is 1.55. The van der Waals surface area contributed by atoms with Crippen LogP contribution in [0.15, 0.2) is 30.3 Å². The molecule has 2 aromatic rings. The molecule has 0 radical (unpaired) electrons. The van der Waals surface area contributed by atoms with Crippen LogP contribution in [0, 0.1) is 0 Å². The van der Waals surface area contributed by atoms with E-state index in [0.29, 0.717) is 5.69 Å². The Bertz CT molecular complexity index is 674. The second-order valence-electron chi connectivity index (χ2n) is 5.49. The van der Waals surface area contributed by atoms with E-state index in [4.69, 9.17) is 11.5 Å². The van der Waals surface area contributed by atoms with Crippen molar-refractivity contribution in [1.29, 1.82) is 0 Å². The molecule has 0 fully saturated rings. The summed E-state index contributed by atoms with van der Waals surface area (Å²) in [6.07, 6.45) is 4.24. The smallest absolute Gasteiger partial charge is 0.222 e. The van der Waals surface area contributed by atoms with Gasteiger partial charge in [0.15, 0.2) is 5.82 Å². The summed E-state index contributed by atoms with van der Waals surface area (Å²) < 4.78 is 0. The Morgan fingerprint density at radius 2 is 2.00 bits per heavy atom. The SMILES string of the molecule is Nc1nc(N)c2c(n1)CCC(CCc1ccccc1)N2C=O. The van der Waals surface area contributed by atoms with Crippen LogP contribution < -0.4 is 16.4 Å². The lowest BCUT2D eigenvalue weighted by Crippen LogP contribution is -2.40. The molecule has 1 aliphatic heterocycles. The highest BCUT2D eigenvalue weighted by Gasteiger charge is 2.29. The first-order chi connectivity index (χ1) is 10.7. The van der Waals surface area contributed by atoms with E-state index in [-0.39, 0.29) is 17.8 Å². The molecule has 0 saturated heterocycles. The van der Waals surface area contributed by atoms with E-state index < -0.39 is 0 Å². The van der Waals surface area contributed by atoms with Crippen LogP contribution in [0.25, 0.3) is 0 Å². The van der Waals surface area contributed by atoms with Gasteiger partial charge in [-0.25, -0.2) is 4.98 Å². The summed E-state index contributed by atoms with van der Waals surface area (Å²) in [7, 11) is 0. The van der Waals surface area contributed by atoms with Crippen LogP contribution in [0.5, 0.6) is 0 Å². The molecular formula is C16H19N5O. The third kappa shape index (κ3) is 2.72. The van der Waals surface area contributed by atoms with E-state index in [1.807, 2.05) is 18.2 Å². The summed E-state index contributed by atoms with van der Waals surface area (Å²) in [5.74, 6) is 0.434. The first kappa shape index (κ1) is 14.3. The number of fused-ring (bicyclic) bond motifs is 1. The van der Waals surface area contributed by atoms with Crippen molar-refractivity contribution in [2.45, 2.75) is 31.7 Å². The van der Waals surface area contributed by atoms with Gasteiger partial charge in [-0.3, -0.25) is 4.79 Å². The zero-order valence-electron chi connectivity index (χ0n) is 12.3. The molecule has 0 aliphatic carbocycles. The molecule has 6 heteroatoms. The van der Waals surface area contributed by atoms with Gasteiger partial charge in [0.05, 0.1) is 5.69 Å². The van der Waals surface area contributed by atoms with E-state index in [1.165, 1.54) is 5.56 Å². The van der Waals surface area contributed by atoms with Crippen molar-refractivity contribution >= 4 is 23.9 Å². The molecule has 1 aromatic heterocycles. The highest BCUT2D eigenvalue weighted by molar-refractivity contribution is 5.84. The normalized spacial score (nSPS) is 17.1. The molecular weight excluding hydrogens is 278 g/mol. The lowest BCUT2D eigenvalue weighted by molar-refractivity contribution is -0.108. The number of carbonyl (C=O) groups is 1. The van der Waals surface area contributed by atoms with Crippen LogP contribution in [-0.2, 0) is 17.6 Å². The molecule has 0 bridgehead atoms. The first-order valence-electron chi connectivity index (χ1n) is 7.38. The third-order valence-corrected chi connectivity index (χ3v) is 4.09. The number of amides is 1. The summed E-state index contributed by atoms with van der Waals surface area (Å²) >= 11 is 0. The fourth-order valence-corrected chi connectivity index (χ4v) is 3.02. The van der Waals surface area contributed by atoms with Crippen LogP contribution in [0.2, 0.25) is 0 Å². The molecule has 0 saturated carbocycles. The summed E-state index contributed by atoms with van der Waals surface area (Å²) in [5, 5.41) is 0. The summed E-state index contributed by atoms with van der Waals surface area (Å²) in [4.78, 5) is 21.4. The van der Waals surface area contributed by atoms with Gasteiger partial charge in [-0.1, -0.05) is 30.3 Å². The maximum atomic E-state index is 11.6. The molecule has 1 unspecified atom stereocenters. The number of aryl methyl sites for hydroxylation is 2. The Labute approximate surface area is 129 Å². The van der Waals surface area contributed by atoms with Gasteiger partial charge in [0, 0.05) is 6.04 Å². The minimum absolute atomic E-state index is 0.111. The molecule has 4 N–H and O–H groups in total. The Kier molecular flexibility index (Phi) is 3.91. The van der Waals surface area contributed by atoms with Crippen molar-refractivity contribution in [3.63, 3.8) is 0 Å². The lowest BCUT2D eigenvalue weighted by atomic mass is 9.95. The molecule has 2 heterocycles. The summed E-state index contributed by atoms with van der Waals surface area (Å²) in [6, 6.07) is 10.4. The standard InChI is InChI=1S/C16H19N5O/c17-15-14-13(19-16(18)20-15)9-8-12(21(14)10-22)7-6-11-4-2-1-3-5-11/h1-5,10,12H,6-9H2,(H4,17,18,19,20). The number of nitrogen functional groups attached to an aromatic ring is 2. The maximum Gasteiger partial charge on any atom is 0.222 e. The Balaban J connectivity index is 1.81. The minimum Gasteiger partial charge on any atom is -0.382 e. The predicted molar refractivity (Wildman–Crippen MR) is 86.3 cm³/mol. The van der Waals surface area contributed by atoms with E-state index in [9.17, 15) is 4.79 Å². The van der Waals surface area contributed by atoms with Gasteiger partial charge in [-0.05, 0) is 31.2 Å². The highest BCUT2D eigenvalue weighted by Crippen LogP contribution is 2.34. The molecule has 1 aliphatic rings. The summed E-state index contributed by atoms with van der Waals surface area (Å²) in [6.45, 7) is 0. The van der Waals surface area contributed by atoms with Gasteiger partial charge < -0.3 is 16.4 Å². The average Bonchev–Trinajstić information content (AvgIpc) is 2.53. The maximum absolute atomic E-state index is 11.6. The van der Waals surface area contributed by atoms with Crippen LogP contribution in [0.3, 0.4) is 0 Å². The van der Waals surface area contributed by atoms with Gasteiger partial charge in [0.2, 0.25) is 12.4 Å². The van der Waals surface area contributed by atoms with Crippen molar-refractivity contribution in [3.05, 3.63) is 41.6 Å². The van der Waals surface area contributed by atoms with E-state index in [2.05, 4.69) is 22.1 Å². The quantitative estimate of drug-likeness (QED) is 0.834. The van der Waals surface area contributed by atoms with Crippen LogP contribution in [-0.4, -0.2) is 22.4 Å². The fraction of sp³-hybridized carbons (Fsp3) is 0.312. The topological polar surface area (TPSA) is 98.1 Å². The average molecular weight is 297 g/mol. The van der Waals surface area contributed by atoms with Crippen molar-refractivity contribution < 1.29 is 4.79 Å². The van der Waals surface area contributed by atoms with E-state index in [1.54, 1.807) is 4.90 Å². The molecule has 1 aromatic carbocycles. The Morgan fingerprint density at radius 1 is 1.23 bits per heavy atom. The summed E-state index contributed by atoms with van der Waals surface area (Å²) in [5.41, 5.74) is 14.2. The molecule has 0 spiro atoms. The van der Waals surface area contributed by atoms with Crippen LogP contribution in [0.1, 0.15) is 24.1 Å².